The first-order chi connectivity index (χ1) is 9.74. The number of hydrogen-bond acceptors (Lipinski definition) is 5. The number of aryl methyl sites for hydroxylation is 1. The molecule has 3 rings (SSSR count). The Labute approximate surface area is 128 Å². The first-order valence-corrected chi connectivity index (χ1v) is 6.61. The molecular formula is C13H17ClN6O. The van der Waals surface area contributed by atoms with Crippen LogP contribution in [0.2, 0.25) is 0 Å². The zero-order chi connectivity index (χ0) is 13.9. The third kappa shape index (κ3) is 3.37. The Morgan fingerprint density at radius 3 is 3.00 bits per heavy atom. The molecule has 112 valence electrons. The highest BCUT2D eigenvalue weighted by atomic mass is 35.5. The van der Waals surface area contributed by atoms with Crippen molar-refractivity contribution in [2.75, 3.05) is 18.4 Å². The number of rotatable bonds is 3. The molecule has 8 heteroatoms. The van der Waals surface area contributed by atoms with Gasteiger partial charge in [-0.3, -0.25) is 4.79 Å². The van der Waals surface area contributed by atoms with Crippen molar-refractivity contribution in [2.24, 2.45) is 5.92 Å². The number of benzene rings is 1. The number of hydrogen-bond donors (Lipinski definition) is 2. The van der Waals surface area contributed by atoms with Crippen molar-refractivity contribution in [2.45, 2.75) is 13.3 Å². The molecule has 0 radical (unpaired) electrons. The van der Waals surface area contributed by atoms with Crippen molar-refractivity contribution in [1.29, 1.82) is 0 Å². The molecule has 1 unspecified atom stereocenters. The summed E-state index contributed by atoms with van der Waals surface area (Å²) in [5, 5.41) is 17.5. The number of tetrazole rings is 1. The minimum Gasteiger partial charge on any atom is -0.326 e. The van der Waals surface area contributed by atoms with E-state index in [0.717, 1.165) is 30.9 Å². The third-order valence-corrected chi connectivity index (χ3v) is 3.41. The molecule has 0 aliphatic carbocycles. The van der Waals surface area contributed by atoms with Crippen molar-refractivity contribution >= 4 is 24.0 Å². The van der Waals surface area contributed by atoms with Crippen LogP contribution in [0.15, 0.2) is 24.3 Å². The first kappa shape index (κ1) is 15.4. The van der Waals surface area contributed by atoms with Gasteiger partial charge >= 0.3 is 0 Å². The van der Waals surface area contributed by atoms with Gasteiger partial charge in [-0.1, -0.05) is 6.07 Å². The molecule has 1 fully saturated rings. The minimum atomic E-state index is 0. The monoisotopic (exact) mass is 308 g/mol. The van der Waals surface area contributed by atoms with Gasteiger partial charge < -0.3 is 10.6 Å². The summed E-state index contributed by atoms with van der Waals surface area (Å²) in [6.45, 7) is 3.48. The molecule has 1 saturated heterocycles. The second-order valence-corrected chi connectivity index (χ2v) is 4.87. The molecule has 0 bridgehead atoms. The number of anilines is 1. The summed E-state index contributed by atoms with van der Waals surface area (Å²) >= 11 is 0. The van der Waals surface area contributed by atoms with E-state index in [1.165, 1.54) is 0 Å². The summed E-state index contributed by atoms with van der Waals surface area (Å²) in [6, 6.07) is 7.50. The van der Waals surface area contributed by atoms with Gasteiger partial charge in [0.25, 0.3) is 0 Å². The quantitative estimate of drug-likeness (QED) is 0.881. The SMILES string of the molecule is Cc1nnnn1-c1cccc(NC(=O)C2CCNC2)c1.Cl. The topological polar surface area (TPSA) is 84.7 Å². The smallest absolute Gasteiger partial charge is 0.228 e. The first-order valence-electron chi connectivity index (χ1n) is 6.61. The zero-order valence-electron chi connectivity index (χ0n) is 11.6. The number of carbonyl (C=O) groups excluding carboxylic acids is 1. The lowest BCUT2D eigenvalue weighted by molar-refractivity contribution is -0.119. The molecule has 21 heavy (non-hydrogen) atoms. The van der Waals surface area contributed by atoms with Gasteiger partial charge in [0.2, 0.25) is 5.91 Å². The largest absolute Gasteiger partial charge is 0.326 e. The number of carbonyl (C=O) groups is 1. The Bertz CT molecular complexity index is 623. The number of nitrogens with zero attached hydrogens (tertiary/aromatic N) is 4. The van der Waals surface area contributed by atoms with Gasteiger partial charge in [0.15, 0.2) is 5.82 Å². The maximum Gasteiger partial charge on any atom is 0.228 e. The average molecular weight is 309 g/mol. The maximum absolute atomic E-state index is 12.1. The second kappa shape index (κ2) is 6.64. The van der Waals surface area contributed by atoms with E-state index in [1.807, 2.05) is 31.2 Å². The Morgan fingerprint density at radius 1 is 1.48 bits per heavy atom. The summed E-state index contributed by atoms with van der Waals surface area (Å²) in [5.74, 6) is 0.808. The lowest BCUT2D eigenvalue weighted by Crippen LogP contribution is -2.24. The zero-order valence-corrected chi connectivity index (χ0v) is 12.4. The Kier molecular flexibility index (Phi) is 4.87. The van der Waals surface area contributed by atoms with Crippen molar-refractivity contribution in [1.82, 2.24) is 25.5 Å². The number of amides is 1. The van der Waals surface area contributed by atoms with Crippen LogP contribution in [0.5, 0.6) is 0 Å². The molecule has 1 aromatic carbocycles. The van der Waals surface area contributed by atoms with E-state index >= 15 is 0 Å². The number of halogens is 1. The Balaban J connectivity index is 0.00000161. The van der Waals surface area contributed by atoms with Crippen molar-refractivity contribution in [3.8, 4) is 5.69 Å². The molecule has 1 aliphatic heterocycles. The Morgan fingerprint density at radius 2 is 2.33 bits per heavy atom. The summed E-state index contributed by atoms with van der Waals surface area (Å²) in [5.41, 5.74) is 1.59. The lowest BCUT2D eigenvalue weighted by Gasteiger charge is -2.11. The standard InChI is InChI=1S/C13H16N6O.ClH/c1-9-16-17-18-19(9)12-4-2-3-11(7-12)15-13(20)10-5-6-14-8-10;/h2-4,7,10,14H,5-6,8H2,1H3,(H,15,20);1H. The van der Waals surface area contributed by atoms with Gasteiger partial charge in [-0.25, -0.2) is 0 Å². The van der Waals surface area contributed by atoms with E-state index in [2.05, 4.69) is 26.2 Å². The number of aromatic nitrogens is 4. The third-order valence-electron chi connectivity index (χ3n) is 3.41. The van der Waals surface area contributed by atoms with E-state index in [1.54, 1.807) is 4.68 Å². The van der Waals surface area contributed by atoms with Crippen LogP contribution >= 0.6 is 12.4 Å². The van der Waals surface area contributed by atoms with Crippen LogP contribution in [0.1, 0.15) is 12.2 Å². The summed E-state index contributed by atoms with van der Waals surface area (Å²) < 4.78 is 1.63. The van der Waals surface area contributed by atoms with E-state index in [9.17, 15) is 4.79 Å². The van der Waals surface area contributed by atoms with E-state index in [0.29, 0.717) is 5.82 Å². The molecule has 2 aromatic rings. The predicted molar refractivity (Wildman–Crippen MR) is 80.7 cm³/mol. The van der Waals surface area contributed by atoms with Gasteiger partial charge in [0, 0.05) is 12.2 Å². The van der Waals surface area contributed by atoms with Crippen LogP contribution in [-0.4, -0.2) is 39.2 Å². The Hall–Kier alpha value is -1.99. The van der Waals surface area contributed by atoms with E-state index in [-0.39, 0.29) is 24.2 Å². The summed E-state index contributed by atoms with van der Waals surface area (Å²) in [4.78, 5) is 12.1. The molecule has 7 nitrogen and oxygen atoms in total. The van der Waals surface area contributed by atoms with E-state index in [4.69, 9.17) is 0 Å². The highest BCUT2D eigenvalue weighted by Gasteiger charge is 2.22. The van der Waals surface area contributed by atoms with Gasteiger partial charge in [0.05, 0.1) is 11.6 Å². The summed E-state index contributed by atoms with van der Waals surface area (Å²) in [7, 11) is 0. The van der Waals surface area contributed by atoms with Gasteiger partial charge in [-0.15, -0.1) is 17.5 Å². The van der Waals surface area contributed by atoms with Gasteiger partial charge in [-0.2, -0.15) is 4.68 Å². The van der Waals surface area contributed by atoms with Crippen LogP contribution in [0.3, 0.4) is 0 Å². The lowest BCUT2D eigenvalue weighted by atomic mass is 10.1. The molecule has 0 spiro atoms. The van der Waals surface area contributed by atoms with Crippen molar-refractivity contribution < 1.29 is 4.79 Å². The van der Waals surface area contributed by atoms with Crippen LogP contribution in [-0.2, 0) is 4.79 Å². The van der Waals surface area contributed by atoms with Crippen LogP contribution in [0.4, 0.5) is 5.69 Å². The maximum atomic E-state index is 12.1. The average Bonchev–Trinajstić information content (AvgIpc) is 3.10. The highest BCUT2D eigenvalue weighted by molar-refractivity contribution is 5.93. The number of nitrogens with one attached hydrogen (secondary N) is 2. The molecule has 1 amide bonds. The van der Waals surface area contributed by atoms with Crippen LogP contribution < -0.4 is 10.6 Å². The molecule has 1 aliphatic rings. The van der Waals surface area contributed by atoms with Crippen LogP contribution in [0.25, 0.3) is 5.69 Å². The fourth-order valence-electron chi connectivity index (χ4n) is 2.31. The molecule has 2 heterocycles. The molecular weight excluding hydrogens is 292 g/mol. The minimum absolute atomic E-state index is 0. The molecule has 2 N–H and O–H groups in total. The normalized spacial score (nSPS) is 17.3. The fraction of sp³-hybridized carbons (Fsp3) is 0.385. The predicted octanol–water partition coefficient (Wildman–Crippen LogP) is 0.941. The highest BCUT2D eigenvalue weighted by Crippen LogP contribution is 2.17. The summed E-state index contributed by atoms with van der Waals surface area (Å²) in [6.07, 6.45) is 0.887. The van der Waals surface area contributed by atoms with Gasteiger partial charge in [0.1, 0.15) is 0 Å². The van der Waals surface area contributed by atoms with Gasteiger partial charge in [-0.05, 0) is 48.5 Å². The fourth-order valence-corrected chi connectivity index (χ4v) is 2.31. The molecule has 1 atom stereocenters. The molecule has 1 aromatic heterocycles. The van der Waals surface area contributed by atoms with Crippen molar-refractivity contribution in [3.63, 3.8) is 0 Å². The van der Waals surface area contributed by atoms with Crippen LogP contribution in [0, 0.1) is 12.8 Å². The van der Waals surface area contributed by atoms with Crippen molar-refractivity contribution in [3.05, 3.63) is 30.1 Å². The molecule has 0 saturated carbocycles. The second-order valence-electron chi connectivity index (χ2n) is 4.87. The van der Waals surface area contributed by atoms with E-state index < -0.39 is 0 Å².